The zero-order chi connectivity index (χ0) is 29.4. The number of amides is 3. The molecule has 3 N–H and O–H groups in total. The molecule has 10 nitrogen and oxygen atoms in total. The van der Waals surface area contributed by atoms with Crippen LogP contribution < -0.4 is 15.5 Å². The van der Waals surface area contributed by atoms with Gasteiger partial charge >= 0.3 is 12.1 Å². The molecule has 1 heterocycles. The van der Waals surface area contributed by atoms with E-state index < -0.39 is 23.7 Å². The molecule has 220 valence electrons. The molecule has 2 aromatic rings. The fourth-order valence-electron chi connectivity index (χ4n) is 5.49. The number of methoxy groups -OCH3 is 1. The molecule has 3 amide bonds. The van der Waals surface area contributed by atoms with Crippen molar-refractivity contribution in [3.63, 3.8) is 0 Å². The number of halogens is 1. The van der Waals surface area contributed by atoms with Crippen LogP contribution in [0.3, 0.4) is 0 Å². The Labute approximate surface area is 238 Å². The number of aliphatic carboxylic acids is 1. The molecule has 2 aliphatic rings. The maximum atomic E-state index is 13.5. The summed E-state index contributed by atoms with van der Waals surface area (Å²) in [6, 6.07) is 9.44. The van der Waals surface area contributed by atoms with Gasteiger partial charge in [-0.15, -0.1) is 0 Å². The van der Waals surface area contributed by atoms with Crippen molar-refractivity contribution >= 4 is 35.3 Å². The predicted octanol–water partition coefficient (Wildman–Crippen LogP) is 4.57. The van der Waals surface area contributed by atoms with Crippen LogP contribution in [0, 0.1) is 11.7 Å². The maximum Gasteiger partial charge on any atom is 0.409 e. The lowest BCUT2D eigenvalue weighted by Crippen LogP contribution is -2.35. The summed E-state index contributed by atoms with van der Waals surface area (Å²) in [7, 11) is 1.35. The summed E-state index contributed by atoms with van der Waals surface area (Å²) in [6.07, 6.45) is 4.66. The lowest BCUT2D eigenvalue weighted by molar-refractivity contribution is -0.137. The summed E-state index contributed by atoms with van der Waals surface area (Å²) in [4.78, 5) is 53.9. The monoisotopic (exact) mass is 568 g/mol. The number of benzene rings is 2. The van der Waals surface area contributed by atoms with Crippen molar-refractivity contribution in [3.8, 4) is 0 Å². The number of rotatable bonds is 8. The highest BCUT2D eigenvalue weighted by molar-refractivity contribution is 6.00. The summed E-state index contributed by atoms with van der Waals surface area (Å²) < 4.78 is 18.3. The molecule has 2 aromatic carbocycles. The maximum absolute atomic E-state index is 13.5. The second kappa shape index (κ2) is 14.0. The molecule has 1 atom stereocenters. The summed E-state index contributed by atoms with van der Waals surface area (Å²) in [5, 5.41) is 15.2. The Kier molecular flexibility index (Phi) is 10.2. The quantitative estimate of drug-likeness (QED) is 0.426. The molecule has 1 unspecified atom stereocenters. The van der Waals surface area contributed by atoms with E-state index in [0.717, 1.165) is 37.8 Å². The minimum absolute atomic E-state index is 0.0930. The van der Waals surface area contributed by atoms with Crippen molar-refractivity contribution < 1.29 is 33.4 Å². The van der Waals surface area contributed by atoms with E-state index in [0.29, 0.717) is 43.9 Å². The zero-order valence-corrected chi connectivity index (χ0v) is 23.2. The Morgan fingerprint density at radius 2 is 1.71 bits per heavy atom. The van der Waals surface area contributed by atoms with Crippen molar-refractivity contribution in [2.75, 3.05) is 43.5 Å². The van der Waals surface area contributed by atoms with Gasteiger partial charge in [-0.3, -0.25) is 14.4 Å². The number of carbonyl (C=O) groups excluding carboxylic acids is 3. The van der Waals surface area contributed by atoms with E-state index in [1.807, 2.05) is 0 Å². The first kappa shape index (κ1) is 29.8. The van der Waals surface area contributed by atoms with Crippen molar-refractivity contribution in [1.82, 2.24) is 10.2 Å². The second-order valence-corrected chi connectivity index (χ2v) is 10.5. The number of nitrogens with zero attached hydrogens (tertiary/aromatic N) is 2. The lowest BCUT2D eigenvalue weighted by Gasteiger charge is -2.28. The molecule has 0 bridgehead atoms. The zero-order valence-electron chi connectivity index (χ0n) is 23.2. The number of anilines is 2. The third-order valence-electron chi connectivity index (χ3n) is 7.72. The Morgan fingerprint density at radius 1 is 0.976 bits per heavy atom. The molecule has 2 fully saturated rings. The van der Waals surface area contributed by atoms with Gasteiger partial charge in [0.25, 0.3) is 5.91 Å². The predicted molar refractivity (Wildman–Crippen MR) is 151 cm³/mol. The van der Waals surface area contributed by atoms with Crippen LogP contribution in [0.1, 0.15) is 66.9 Å². The smallest absolute Gasteiger partial charge is 0.409 e. The fraction of sp³-hybridized carbons (Fsp3) is 0.467. The molecule has 11 heteroatoms. The van der Waals surface area contributed by atoms with Gasteiger partial charge in [0.1, 0.15) is 5.82 Å². The highest BCUT2D eigenvalue weighted by Crippen LogP contribution is 2.31. The number of ether oxygens (including phenoxy) is 1. The summed E-state index contributed by atoms with van der Waals surface area (Å²) in [5.41, 5.74) is 1.93. The van der Waals surface area contributed by atoms with Gasteiger partial charge in [-0.05, 0) is 55.2 Å². The number of nitrogens with one attached hydrogen (secondary N) is 2. The standard InChI is InChI=1S/C30H37FN4O6/c1-41-30(40)35-15-5-14-34(16-17-35)26-13-10-22(18-25(26)33-28(38)21-6-3-2-4-7-21)29(39)32-24(19-27(36)37)20-8-11-23(31)12-9-20/h8-13,18,21,24H,2-7,14-17,19H2,1H3,(H,32,39)(H,33,38)(H,36,37). The van der Waals surface area contributed by atoms with E-state index >= 15 is 0 Å². The molecule has 0 radical (unpaired) electrons. The van der Waals surface area contributed by atoms with E-state index in [-0.39, 0.29) is 29.9 Å². The molecule has 41 heavy (non-hydrogen) atoms. The number of hydrogen-bond acceptors (Lipinski definition) is 6. The molecule has 1 saturated carbocycles. The molecular weight excluding hydrogens is 531 g/mol. The largest absolute Gasteiger partial charge is 0.481 e. The summed E-state index contributed by atoms with van der Waals surface area (Å²) >= 11 is 0. The first-order valence-corrected chi connectivity index (χ1v) is 14.1. The van der Waals surface area contributed by atoms with Crippen molar-refractivity contribution in [2.45, 2.75) is 51.0 Å². The van der Waals surface area contributed by atoms with E-state index in [9.17, 15) is 28.7 Å². The fourth-order valence-corrected chi connectivity index (χ4v) is 5.49. The van der Waals surface area contributed by atoms with Crippen LogP contribution in [0.2, 0.25) is 0 Å². The number of hydrogen-bond donors (Lipinski definition) is 3. The Morgan fingerprint density at radius 3 is 2.39 bits per heavy atom. The third kappa shape index (κ3) is 7.96. The highest BCUT2D eigenvalue weighted by atomic mass is 19.1. The number of carboxylic acid groups (broad SMARTS) is 1. The first-order chi connectivity index (χ1) is 19.7. The molecule has 1 aliphatic carbocycles. The highest BCUT2D eigenvalue weighted by Gasteiger charge is 2.26. The van der Waals surface area contributed by atoms with Crippen molar-refractivity contribution in [2.24, 2.45) is 5.92 Å². The minimum atomic E-state index is -1.11. The second-order valence-electron chi connectivity index (χ2n) is 10.5. The van der Waals surface area contributed by atoms with Gasteiger partial charge in [-0.25, -0.2) is 9.18 Å². The summed E-state index contributed by atoms with van der Waals surface area (Å²) in [5.74, 6) is -2.30. The van der Waals surface area contributed by atoms with Gasteiger partial charge in [0.2, 0.25) is 5.91 Å². The van der Waals surface area contributed by atoms with E-state index in [2.05, 4.69) is 15.5 Å². The van der Waals surface area contributed by atoms with Crippen LogP contribution in [0.15, 0.2) is 42.5 Å². The normalized spacial score (nSPS) is 16.8. The van der Waals surface area contributed by atoms with Crippen LogP contribution in [-0.2, 0) is 14.3 Å². The van der Waals surface area contributed by atoms with Gasteiger partial charge in [0.15, 0.2) is 0 Å². The van der Waals surface area contributed by atoms with Gasteiger partial charge in [-0.2, -0.15) is 0 Å². The number of carbonyl (C=O) groups is 4. The molecule has 0 spiro atoms. The van der Waals surface area contributed by atoms with Gasteiger partial charge in [-0.1, -0.05) is 31.4 Å². The Bertz CT molecular complexity index is 1250. The Hall–Kier alpha value is -4.15. The van der Waals surface area contributed by atoms with E-state index in [1.165, 1.54) is 31.4 Å². The van der Waals surface area contributed by atoms with E-state index in [4.69, 9.17) is 4.74 Å². The minimum Gasteiger partial charge on any atom is -0.481 e. The molecule has 1 aliphatic heterocycles. The van der Waals surface area contributed by atoms with Gasteiger partial charge < -0.3 is 30.3 Å². The summed E-state index contributed by atoms with van der Waals surface area (Å²) in [6.45, 7) is 2.13. The molecule has 1 saturated heterocycles. The lowest BCUT2D eigenvalue weighted by atomic mass is 9.88. The van der Waals surface area contributed by atoms with Crippen LogP contribution >= 0.6 is 0 Å². The average Bonchev–Trinajstić information content (AvgIpc) is 3.23. The van der Waals surface area contributed by atoms with Crippen LogP contribution in [0.25, 0.3) is 0 Å². The molecular formula is C30H37FN4O6. The van der Waals surface area contributed by atoms with Crippen molar-refractivity contribution in [1.29, 1.82) is 0 Å². The van der Waals surface area contributed by atoms with Gasteiger partial charge in [0.05, 0.1) is 30.9 Å². The average molecular weight is 569 g/mol. The topological polar surface area (TPSA) is 128 Å². The number of carboxylic acids is 1. The van der Waals surface area contributed by atoms with Crippen molar-refractivity contribution in [3.05, 3.63) is 59.4 Å². The van der Waals surface area contributed by atoms with E-state index in [1.54, 1.807) is 23.1 Å². The first-order valence-electron chi connectivity index (χ1n) is 14.1. The SMILES string of the molecule is COC(=O)N1CCCN(c2ccc(C(=O)NC(CC(=O)O)c3ccc(F)cc3)cc2NC(=O)C2CCCCC2)CC1. The molecule has 4 rings (SSSR count). The van der Waals surface area contributed by atoms with Gasteiger partial charge in [0, 0.05) is 37.7 Å². The molecule has 0 aromatic heterocycles. The van der Waals surface area contributed by atoms with Crippen LogP contribution in [-0.4, -0.2) is 67.2 Å². The van der Waals surface area contributed by atoms with Crippen LogP contribution in [0.5, 0.6) is 0 Å². The van der Waals surface area contributed by atoms with Crippen LogP contribution in [0.4, 0.5) is 20.6 Å². The Balaban J connectivity index is 1.59. The third-order valence-corrected chi connectivity index (χ3v) is 7.72.